The summed E-state index contributed by atoms with van der Waals surface area (Å²) in [6.45, 7) is 0.674. The maximum absolute atomic E-state index is 12.9. The molecule has 1 saturated heterocycles. The van der Waals surface area contributed by atoms with Crippen molar-refractivity contribution in [2.75, 3.05) is 16.8 Å². The molecule has 4 rings (SSSR count). The van der Waals surface area contributed by atoms with Crippen LogP contribution in [0.3, 0.4) is 0 Å². The fourth-order valence-electron chi connectivity index (χ4n) is 3.24. The lowest BCUT2D eigenvalue weighted by Gasteiger charge is -2.17. The zero-order valence-corrected chi connectivity index (χ0v) is 16.4. The van der Waals surface area contributed by atoms with Crippen molar-refractivity contribution in [1.29, 1.82) is 0 Å². The van der Waals surface area contributed by atoms with Gasteiger partial charge < -0.3 is 15.0 Å². The van der Waals surface area contributed by atoms with Gasteiger partial charge in [0.15, 0.2) is 5.75 Å². The summed E-state index contributed by atoms with van der Waals surface area (Å²) in [5, 5.41) is 3.35. The Morgan fingerprint density at radius 1 is 1.00 bits per heavy atom. The van der Waals surface area contributed by atoms with Crippen molar-refractivity contribution in [3.63, 3.8) is 0 Å². The molecule has 0 saturated carbocycles. The number of ether oxygens (including phenoxy) is 1. The van der Waals surface area contributed by atoms with Crippen LogP contribution in [0.1, 0.15) is 23.2 Å². The summed E-state index contributed by atoms with van der Waals surface area (Å²) in [6, 6.07) is 21.4. The van der Waals surface area contributed by atoms with E-state index in [9.17, 15) is 9.59 Å². The molecule has 1 heterocycles. The van der Waals surface area contributed by atoms with Crippen LogP contribution in [0.4, 0.5) is 11.4 Å². The van der Waals surface area contributed by atoms with Gasteiger partial charge in [-0.05, 0) is 55.0 Å². The summed E-state index contributed by atoms with van der Waals surface area (Å²) in [7, 11) is 0. The summed E-state index contributed by atoms with van der Waals surface area (Å²) in [5.74, 6) is 0.911. The van der Waals surface area contributed by atoms with E-state index in [4.69, 9.17) is 16.3 Å². The number of halogens is 1. The first kappa shape index (κ1) is 19.0. The number of amides is 2. The number of benzene rings is 3. The zero-order valence-electron chi connectivity index (χ0n) is 15.6. The molecule has 0 bridgehead atoms. The number of anilines is 2. The Kier molecular flexibility index (Phi) is 5.49. The van der Waals surface area contributed by atoms with Crippen LogP contribution in [-0.2, 0) is 4.79 Å². The number of rotatable bonds is 5. The van der Waals surface area contributed by atoms with Gasteiger partial charge in [-0.3, -0.25) is 9.59 Å². The maximum Gasteiger partial charge on any atom is 0.255 e. The van der Waals surface area contributed by atoms with Gasteiger partial charge in [-0.2, -0.15) is 0 Å². The second-order valence-electron chi connectivity index (χ2n) is 6.71. The predicted molar refractivity (Wildman–Crippen MR) is 114 cm³/mol. The molecular weight excluding hydrogens is 388 g/mol. The number of hydrogen-bond donors (Lipinski definition) is 1. The molecule has 0 aromatic heterocycles. The number of nitrogens with one attached hydrogen (secondary N) is 1. The molecule has 1 aliphatic rings. The number of nitrogens with zero attached hydrogens (tertiary/aromatic N) is 1. The van der Waals surface area contributed by atoms with Crippen LogP contribution < -0.4 is 15.0 Å². The number of carbonyl (C=O) groups excluding carboxylic acids is 2. The van der Waals surface area contributed by atoms with Crippen LogP contribution in [0.5, 0.6) is 11.5 Å². The van der Waals surface area contributed by atoms with Crippen LogP contribution in [0.2, 0.25) is 5.02 Å². The zero-order chi connectivity index (χ0) is 20.2. The summed E-state index contributed by atoms with van der Waals surface area (Å²) in [5.41, 5.74) is 1.65. The van der Waals surface area contributed by atoms with E-state index >= 15 is 0 Å². The van der Waals surface area contributed by atoms with E-state index in [0.29, 0.717) is 40.7 Å². The Morgan fingerprint density at radius 2 is 1.83 bits per heavy atom. The molecule has 1 N–H and O–H groups in total. The van der Waals surface area contributed by atoms with Crippen molar-refractivity contribution >= 4 is 34.8 Å². The van der Waals surface area contributed by atoms with E-state index < -0.39 is 0 Å². The first-order valence-electron chi connectivity index (χ1n) is 9.34. The smallest absolute Gasteiger partial charge is 0.255 e. The minimum absolute atomic E-state index is 0.0796. The molecule has 6 heteroatoms. The van der Waals surface area contributed by atoms with E-state index in [-0.39, 0.29) is 11.8 Å². The highest BCUT2D eigenvalue weighted by molar-refractivity contribution is 6.31. The largest absolute Gasteiger partial charge is 0.455 e. The number of para-hydroxylation sites is 1. The second kappa shape index (κ2) is 8.37. The van der Waals surface area contributed by atoms with Crippen molar-refractivity contribution in [2.45, 2.75) is 12.8 Å². The molecule has 3 aromatic rings. The molecule has 0 unspecified atom stereocenters. The molecule has 0 atom stereocenters. The molecular formula is C23H19ClN2O3. The van der Waals surface area contributed by atoms with Crippen LogP contribution >= 0.6 is 11.6 Å². The van der Waals surface area contributed by atoms with Gasteiger partial charge in [0.1, 0.15) is 5.75 Å². The highest BCUT2D eigenvalue weighted by Crippen LogP contribution is 2.32. The number of hydrogen-bond acceptors (Lipinski definition) is 3. The van der Waals surface area contributed by atoms with Gasteiger partial charge in [0.25, 0.3) is 5.91 Å². The molecule has 1 fully saturated rings. The van der Waals surface area contributed by atoms with Gasteiger partial charge in [-0.15, -0.1) is 0 Å². The first-order valence-corrected chi connectivity index (χ1v) is 9.72. The van der Waals surface area contributed by atoms with Crippen LogP contribution in [0.15, 0.2) is 72.8 Å². The summed E-state index contributed by atoms with van der Waals surface area (Å²) < 4.78 is 5.89. The molecule has 0 spiro atoms. The van der Waals surface area contributed by atoms with Crippen molar-refractivity contribution in [2.24, 2.45) is 0 Å². The lowest BCUT2D eigenvalue weighted by atomic mass is 10.1. The van der Waals surface area contributed by atoms with Crippen LogP contribution in [0.25, 0.3) is 0 Å². The first-order chi connectivity index (χ1) is 14.1. The van der Waals surface area contributed by atoms with E-state index in [1.54, 1.807) is 41.3 Å². The summed E-state index contributed by atoms with van der Waals surface area (Å²) in [4.78, 5) is 26.6. The van der Waals surface area contributed by atoms with Crippen molar-refractivity contribution in [3.05, 3.63) is 83.4 Å². The van der Waals surface area contributed by atoms with Gasteiger partial charge in [0.2, 0.25) is 5.91 Å². The Labute approximate surface area is 173 Å². The predicted octanol–water partition coefficient (Wildman–Crippen LogP) is 5.51. The van der Waals surface area contributed by atoms with Gasteiger partial charge in [0.05, 0.1) is 5.69 Å². The normalized spacial score (nSPS) is 13.4. The Balaban J connectivity index is 1.57. The third kappa shape index (κ3) is 4.41. The molecule has 1 aliphatic heterocycles. The quantitative estimate of drug-likeness (QED) is 0.607. The van der Waals surface area contributed by atoms with Crippen LogP contribution in [-0.4, -0.2) is 18.4 Å². The molecule has 0 aliphatic carbocycles. The molecule has 29 heavy (non-hydrogen) atoms. The highest BCUT2D eigenvalue weighted by atomic mass is 35.5. The minimum atomic E-state index is -0.307. The average Bonchev–Trinajstić information content (AvgIpc) is 3.17. The lowest BCUT2D eigenvalue weighted by molar-refractivity contribution is -0.117. The summed E-state index contributed by atoms with van der Waals surface area (Å²) >= 11 is 6.13. The van der Waals surface area contributed by atoms with E-state index in [1.807, 2.05) is 36.4 Å². The van der Waals surface area contributed by atoms with Gasteiger partial charge in [0, 0.05) is 29.2 Å². The third-order valence-electron chi connectivity index (χ3n) is 4.65. The monoisotopic (exact) mass is 406 g/mol. The third-order valence-corrected chi connectivity index (χ3v) is 4.89. The Hall–Kier alpha value is -3.31. The van der Waals surface area contributed by atoms with Crippen molar-refractivity contribution in [1.82, 2.24) is 0 Å². The van der Waals surface area contributed by atoms with E-state index in [1.165, 1.54) is 0 Å². The minimum Gasteiger partial charge on any atom is -0.455 e. The molecule has 146 valence electrons. The number of carbonyl (C=O) groups is 2. The molecule has 5 nitrogen and oxygen atoms in total. The topological polar surface area (TPSA) is 58.6 Å². The Bertz CT molecular complexity index is 1050. The van der Waals surface area contributed by atoms with Gasteiger partial charge in [-0.1, -0.05) is 35.9 Å². The van der Waals surface area contributed by atoms with E-state index in [0.717, 1.165) is 12.1 Å². The second-order valence-corrected chi connectivity index (χ2v) is 7.15. The van der Waals surface area contributed by atoms with E-state index in [2.05, 4.69) is 5.32 Å². The molecule has 2 amide bonds. The summed E-state index contributed by atoms with van der Waals surface area (Å²) in [6.07, 6.45) is 1.37. The molecule has 0 radical (unpaired) electrons. The molecule has 3 aromatic carbocycles. The fraction of sp³-hybridized carbons (Fsp3) is 0.130. The van der Waals surface area contributed by atoms with Crippen LogP contribution in [0, 0.1) is 0 Å². The standard InChI is InChI=1S/C23H19ClN2O3/c24-17-11-12-21(29-19-8-2-1-3-9-19)20(15-17)25-23(28)16-6-4-7-18(14-16)26-13-5-10-22(26)27/h1-4,6-9,11-12,14-15H,5,10,13H2,(H,25,28). The fourth-order valence-corrected chi connectivity index (χ4v) is 3.41. The van der Waals surface area contributed by atoms with Gasteiger partial charge in [-0.25, -0.2) is 0 Å². The Morgan fingerprint density at radius 3 is 2.59 bits per heavy atom. The maximum atomic E-state index is 12.9. The van der Waals surface area contributed by atoms with Crippen molar-refractivity contribution in [3.8, 4) is 11.5 Å². The van der Waals surface area contributed by atoms with Gasteiger partial charge >= 0.3 is 0 Å². The highest BCUT2D eigenvalue weighted by Gasteiger charge is 2.22. The van der Waals surface area contributed by atoms with Crippen molar-refractivity contribution < 1.29 is 14.3 Å². The average molecular weight is 407 g/mol. The SMILES string of the molecule is O=C(Nc1cc(Cl)ccc1Oc1ccccc1)c1cccc(N2CCCC2=O)c1. The lowest BCUT2D eigenvalue weighted by Crippen LogP contribution is -2.24.